The van der Waals surface area contributed by atoms with E-state index in [2.05, 4.69) is 15.2 Å². The third-order valence-electron chi connectivity index (χ3n) is 4.43. The number of nitrogens with zero attached hydrogens (tertiary/aromatic N) is 2. The van der Waals surface area contributed by atoms with Crippen LogP contribution in [0.25, 0.3) is 0 Å². The largest absolute Gasteiger partial charge is 0.454 e. The summed E-state index contributed by atoms with van der Waals surface area (Å²) < 4.78 is 24.7. The van der Waals surface area contributed by atoms with Gasteiger partial charge in [0.2, 0.25) is 0 Å². The fourth-order valence-electron chi connectivity index (χ4n) is 3.16. The maximum atomic E-state index is 13.2. The van der Waals surface area contributed by atoms with Gasteiger partial charge >= 0.3 is 0 Å². The summed E-state index contributed by atoms with van der Waals surface area (Å²) in [4.78, 5) is 17.9. The summed E-state index contributed by atoms with van der Waals surface area (Å²) in [6.45, 7) is 6.24. The highest BCUT2D eigenvalue weighted by atomic mass is 127. The molecule has 0 bridgehead atoms. The van der Waals surface area contributed by atoms with Gasteiger partial charge in [-0.2, -0.15) is 0 Å². The van der Waals surface area contributed by atoms with Gasteiger partial charge in [-0.1, -0.05) is 12.1 Å². The number of carbonyl (C=O) groups is 1. The molecule has 0 saturated carbocycles. The van der Waals surface area contributed by atoms with Gasteiger partial charge in [0.15, 0.2) is 11.7 Å². The molecule has 0 radical (unpaired) electrons. The average Bonchev–Trinajstić information content (AvgIpc) is 3.14. The highest BCUT2D eigenvalue weighted by Crippen LogP contribution is 2.25. The summed E-state index contributed by atoms with van der Waals surface area (Å²) >= 11 is 0. The number of primary amides is 1. The van der Waals surface area contributed by atoms with Crippen LogP contribution < -0.4 is 11.1 Å². The van der Waals surface area contributed by atoms with E-state index < -0.39 is 5.91 Å². The van der Waals surface area contributed by atoms with E-state index in [4.69, 9.17) is 14.9 Å². The summed E-state index contributed by atoms with van der Waals surface area (Å²) in [5.74, 6) is 0.522. The van der Waals surface area contributed by atoms with Gasteiger partial charge in [0.25, 0.3) is 5.91 Å². The highest BCUT2D eigenvalue weighted by molar-refractivity contribution is 14.0. The van der Waals surface area contributed by atoms with Crippen molar-refractivity contribution in [3.8, 4) is 0 Å². The van der Waals surface area contributed by atoms with E-state index in [1.165, 1.54) is 12.1 Å². The Kier molecular flexibility index (Phi) is 8.45. The van der Waals surface area contributed by atoms with Crippen LogP contribution in [0.1, 0.15) is 41.8 Å². The lowest BCUT2D eigenvalue weighted by Gasteiger charge is -2.38. The van der Waals surface area contributed by atoms with E-state index in [1.54, 1.807) is 24.3 Å². The molecule has 7 nitrogen and oxygen atoms in total. The van der Waals surface area contributed by atoms with E-state index in [-0.39, 0.29) is 54.3 Å². The lowest BCUT2D eigenvalue weighted by molar-refractivity contribution is -0.0605. The highest BCUT2D eigenvalue weighted by Gasteiger charge is 2.28. The molecule has 9 heteroatoms. The molecule has 1 aliphatic rings. The van der Waals surface area contributed by atoms with Crippen molar-refractivity contribution in [3.63, 3.8) is 0 Å². The van der Waals surface area contributed by atoms with Gasteiger partial charge in [0.1, 0.15) is 24.2 Å². The standard InChI is InChI=1S/C20H25FN4O3.HI/c1-3-23-20(24-10-16-8-9-17(28-16)19(22)26)25-11-13(2)27-18(12-25)14-4-6-15(21)7-5-14;/h4-9,13,18H,3,10-12H2,1-2H3,(H2,22,26)(H,23,24);1H. The minimum atomic E-state index is -0.605. The van der Waals surface area contributed by atoms with Gasteiger partial charge in [0, 0.05) is 13.1 Å². The van der Waals surface area contributed by atoms with E-state index in [9.17, 15) is 9.18 Å². The Morgan fingerprint density at radius 2 is 2.00 bits per heavy atom. The molecule has 1 fully saturated rings. The maximum absolute atomic E-state index is 13.2. The van der Waals surface area contributed by atoms with Crippen LogP contribution in [0.5, 0.6) is 0 Å². The minimum absolute atomic E-state index is 0. The number of halogens is 2. The summed E-state index contributed by atoms with van der Waals surface area (Å²) in [5.41, 5.74) is 6.14. The van der Waals surface area contributed by atoms with Gasteiger partial charge in [-0.25, -0.2) is 9.38 Å². The number of furan rings is 1. The Morgan fingerprint density at radius 1 is 1.28 bits per heavy atom. The first kappa shape index (κ1) is 23.1. The first-order chi connectivity index (χ1) is 13.5. The summed E-state index contributed by atoms with van der Waals surface area (Å²) in [6.07, 6.45) is -0.198. The van der Waals surface area contributed by atoms with Crippen molar-refractivity contribution in [2.45, 2.75) is 32.6 Å². The van der Waals surface area contributed by atoms with E-state index in [0.717, 1.165) is 11.5 Å². The Morgan fingerprint density at radius 3 is 2.62 bits per heavy atom. The first-order valence-electron chi connectivity index (χ1n) is 9.29. The van der Waals surface area contributed by atoms with E-state index in [0.29, 0.717) is 25.4 Å². The third kappa shape index (κ3) is 6.17. The Labute approximate surface area is 186 Å². The van der Waals surface area contributed by atoms with E-state index >= 15 is 0 Å². The number of nitrogens with two attached hydrogens (primary N) is 1. The lowest BCUT2D eigenvalue weighted by atomic mass is 10.1. The van der Waals surface area contributed by atoms with Crippen LogP contribution in [-0.4, -0.2) is 42.5 Å². The normalized spacial score (nSPS) is 19.6. The van der Waals surface area contributed by atoms with Crippen LogP contribution in [-0.2, 0) is 11.3 Å². The summed E-state index contributed by atoms with van der Waals surface area (Å²) in [5, 5.41) is 3.28. The van der Waals surface area contributed by atoms with E-state index in [1.807, 2.05) is 13.8 Å². The molecule has 3 rings (SSSR count). The second-order valence-electron chi connectivity index (χ2n) is 6.69. The number of hydrogen-bond acceptors (Lipinski definition) is 4. The summed E-state index contributed by atoms with van der Waals surface area (Å²) in [6, 6.07) is 9.60. The fraction of sp³-hybridized carbons (Fsp3) is 0.400. The molecule has 1 aromatic carbocycles. The Hall–Kier alpha value is -2.14. The first-order valence-corrected chi connectivity index (χ1v) is 9.29. The zero-order chi connectivity index (χ0) is 20.1. The van der Waals surface area contributed by atoms with Crippen LogP contribution in [0.2, 0.25) is 0 Å². The monoisotopic (exact) mass is 516 g/mol. The van der Waals surface area contributed by atoms with Gasteiger partial charge in [-0.15, -0.1) is 24.0 Å². The molecule has 1 aliphatic heterocycles. The topological polar surface area (TPSA) is 93.1 Å². The smallest absolute Gasteiger partial charge is 0.284 e. The van der Waals surface area contributed by atoms with Gasteiger partial charge < -0.3 is 25.1 Å². The molecule has 0 aliphatic carbocycles. The number of aliphatic imine (C=N–C) groups is 1. The van der Waals surface area contributed by atoms with Crippen molar-refractivity contribution in [3.05, 3.63) is 59.3 Å². The molecule has 2 aromatic rings. The second-order valence-corrected chi connectivity index (χ2v) is 6.69. The van der Waals surface area contributed by atoms with Gasteiger partial charge in [-0.3, -0.25) is 4.79 Å². The molecule has 2 heterocycles. The Bertz CT molecular complexity index is 841. The van der Waals surface area contributed by atoms with Gasteiger partial charge in [-0.05, 0) is 43.7 Å². The number of guanidine groups is 1. The lowest BCUT2D eigenvalue weighted by Crippen LogP contribution is -2.50. The van der Waals surface area contributed by atoms with Crippen LogP contribution in [0.3, 0.4) is 0 Å². The zero-order valence-corrected chi connectivity index (χ0v) is 18.8. The van der Waals surface area contributed by atoms with Gasteiger partial charge in [0.05, 0.1) is 12.6 Å². The van der Waals surface area contributed by atoms with Crippen molar-refractivity contribution in [2.24, 2.45) is 10.7 Å². The number of benzene rings is 1. The molecular formula is C20H26FIN4O3. The Balaban J connectivity index is 0.00000300. The second kappa shape index (κ2) is 10.6. The van der Waals surface area contributed by atoms with Crippen molar-refractivity contribution < 1.29 is 18.3 Å². The van der Waals surface area contributed by atoms with Crippen molar-refractivity contribution in [2.75, 3.05) is 19.6 Å². The van der Waals surface area contributed by atoms with Crippen molar-refractivity contribution >= 4 is 35.8 Å². The molecular weight excluding hydrogens is 490 g/mol. The molecule has 2 unspecified atom stereocenters. The van der Waals surface area contributed by atoms with Crippen LogP contribution in [0.4, 0.5) is 4.39 Å². The molecule has 0 spiro atoms. The molecule has 1 amide bonds. The predicted octanol–water partition coefficient (Wildman–Crippen LogP) is 3.06. The number of morpholine rings is 1. The van der Waals surface area contributed by atoms with Crippen LogP contribution in [0, 0.1) is 5.82 Å². The number of nitrogens with one attached hydrogen (secondary N) is 1. The number of amides is 1. The molecule has 3 N–H and O–H groups in total. The fourth-order valence-corrected chi connectivity index (χ4v) is 3.16. The molecule has 158 valence electrons. The number of rotatable bonds is 5. The van der Waals surface area contributed by atoms with Crippen LogP contribution >= 0.6 is 24.0 Å². The molecule has 1 aromatic heterocycles. The van der Waals surface area contributed by atoms with Crippen molar-refractivity contribution in [1.29, 1.82) is 0 Å². The average molecular weight is 516 g/mol. The number of ether oxygens (including phenoxy) is 1. The predicted molar refractivity (Wildman–Crippen MR) is 119 cm³/mol. The molecule has 1 saturated heterocycles. The number of hydrogen-bond donors (Lipinski definition) is 2. The summed E-state index contributed by atoms with van der Waals surface area (Å²) in [7, 11) is 0. The minimum Gasteiger partial charge on any atom is -0.454 e. The SMILES string of the molecule is CCNC(=NCc1ccc(C(N)=O)o1)N1CC(C)OC(c2ccc(F)cc2)C1.I. The van der Waals surface area contributed by atoms with Crippen molar-refractivity contribution in [1.82, 2.24) is 10.2 Å². The van der Waals surface area contributed by atoms with Crippen LogP contribution in [0.15, 0.2) is 45.8 Å². The zero-order valence-electron chi connectivity index (χ0n) is 16.4. The molecule has 29 heavy (non-hydrogen) atoms. The maximum Gasteiger partial charge on any atom is 0.284 e. The molecule has 2 atom stereocenters. The quantitative estimate of drug-likeness (QED) is 0.362. The number of carbonyl (C=O) groups excluding carboxylic acids is 1. The third-order valence-corrected chi connectivity index (χ3v) is 4.43.